The van der Waals surface area contributed by atoms with Crippen molar-refractivity contribution < 1.29 is 34.3 Å². The molecule has 0 spiro atoms. The number of rotatable bonds is 15. The molecule has 0 bridgehead atoms. The molecule has 1 unspecified atom stereocenters. The number of piperazine rings is 1. The molecule has 43 heavy (non-hydrogen) atoms. The molecule has 0 saturated carbocycles. The second-order valence-electron chi connectivity index (χ2n) is 11.2. The highest BCUT2D eigenvalue weighted by Gasteiger charge is 2.51. The number of nitrogens with zero attached hydrogens (tertiary/aromatic N) is 2. The zero-order chi connectivity index (χ0) is 30.7. The van der Waals surface area contributed by atoms with Crippen LogP contribution in [0.25, 0.3) is 0 Å². The van der Waals surface area contributed by atoms with Crippen molar-refractivity contribution in [1.82, 2.24) is 9.80 Å². The van der Waals surface area contributed by atoms with E-state index in [0.29, 0.717) is 26.2 Å². The molecule has 0 radical (unpaired) electrons. The van der Waals surface area contributed by atoms with E-state index in [4.69, 9.17) is 14.2 Å². The molecule has 3 aromatic carbocycles. The summed E-state index contributed by atoms with van der Waals surface area (Å²) in [5.41, 5.74) is 0.418. The van der Waals surface area contributed by atoms with Crippen LogP contribution in [0.3, 0.4) is 0 Å². The number of benzene rings is 3. The molecule has 3 aromatic rings. The van der Waals surface area contributed by atoms with Crippen LogP contribution in [0.4, 0.5) is 0 Å². The molecule has 1 aliphatic rings. The van der Waals surface area contributed by atoms with Crippen molar-refractivity contribution >= 4 is 5.91 Å². The van der Waals surface area contributed by atoms with Crippen LogP contribution >= 0.6 is 0 Å². The van der Waals surface area contributed by atoms with Gasteiger partial charge in [0.25, 0.3) is 5.91 Å². The molecular weight excluding hydrogens is 548 g/mol. The maximum atomic E-state index is 13.9. The number of aliphatic hydroxyl groups is 3. The first-order valence-corrected chi connectivity index (χ1v) is 14.8. The van der Waals surface area contributed by atoms with Gasteiger partial charge in [0.2, 0.25) is 0 Å². The summed E-state index contributed by atoms with van der Waals surface area (Å²) in [6.45, 7) is 3.64. The van der Waals surface area contributed by atoms with Crippen LogP contribution in [0.1, 0.15) is 23.6 Å². The van der Waals surface area contributed by atoms with Crippen LogP contribution in [-0.4, -0.2) is 101 Å². The summed E-state index contributed by atoms with van der Waals surface area (Å²) in [4.78, 5) is 17.7. The van der Waals surface area contributed by atoms with E-state index in [2.05, 4.69) is 4.90 Å². The topological polar surface area (TPSA) is 112 Å². The molecule has 1 amide bonds. The fourth-order valence-electron chi connectivity index (χ4n) is 5.09. The van der Waals surface area contributed by atoms with E-state index in [1.807, 2.05) is 98.0 Å². The van der Waals surface area contributed by atoms with E-state index in [1.54, 1.807) is 4.90 Å². The van der Waals surface area contributed by atoms with Gasteiger partial charge in [-0.1, -0.05) is 91.0 Å². The Bertz CT molecular complexity index is 1220. The van der Waals surface area contributed by atoms with E-state index >= 15 is 0 Å². The van der Waals surface area contributed by atoms with Gasteiger partial charge in [-0.25, -0.2) is 0 Å². The molecule has 1 aliphatic heterocycles. The Balaban J connectivity index is 1.62. The zero-order valence-corrected chi connectivity index (χ0v) is 25.0. The minimum absolute atomic E-state index is 0.0182. The molecule has 5 atom stereocenters. The predicted octanol–water partition coefficient (Wildman–Crippen LogP) is 2.62. The second kappa shape index (κ2) is 16.1. The number of carbonyl (C=O) groups excluding carboxylic acids is 1. The monoisotopic (exact) mass is 592 g/mol. The molecule has 232 valence electrons. The molecule has 0 aliphatic carbocycles. The Morgan fingerprint density at radius 2 is 1.23 bits per heavy atom. The Labute approximate surface area is 254 Å². The number of carbonyl (C=O) groups is 1. The van der Waals surface area contributed by atoms with Gasteiger partial charge in [-0.15, -0.1) is 0 Å². The van der Waals surface area contributed by atoms with Crippen molar-refractivity contribution in [3.63, 3.8) is 0 Å². The lowest BCUT2D eigenvalue weighted by Crippen LogP contribution is -2.64. The largest absolute Gasteiger partial charge is 0.390 e. The lowest BCUT2D eigenvalue weighted by Gasteiger charge is -2.43. The van der Waals surface area contributed by atoms with Gasteiger partial charge in [0.05, 0.1) is 32.5 Å². The maximum absolute atomic E-state index is 13.9. The molecule has 3 N–H and O–H groups in total. The lowest BCUT2D eigenvalue weighted by molar-refractivity contribution is -0.236. The van der Waals surface area contributed by atoms with E-state index in [1.165, 1.54) is 6.92 Å². The van der Waals surface area contributed by atoms with Gasteiger partial charge in [0, 0.05) is 26.2 Å². The van der Waals surface area contributed by atoms with Crippen LogP contribution in [0, 0.1) is 0 Å². The molecule has 0 aromatic heterocycles. The average molecular weight is 593 g/mol. The van der Waals surface area contributed by atoms with Crippen LogP contribution in [0.2, 0.25) is 0 Å². The summed E-state index contributed by atoms with van der Waals surface area (Å²) in [5.74, 6) is -0.400. The Kier molecular flexibility index (Phi) is 12.2. The number of likely N-dealkylation sites (N-methyl/N-ethyl adjacent to an activating group) is 1. The fraction of sp³-hybridized carbons (Fsp3) is 0.441. The van der Waals surface area contributed by atoms with Crippen molar-refractivity contribution in [3.8, 4) is 0 Å². The zero-order valence-electron chi connectivity index (χ0n) is 25.0. The lowest BCUT2D eigenvalue weighted by atomic mass is 9.85. The van der Waals surface area contributed by atoms with Gasteiger partial charge in [0.1, 0.15) is 17.8 Å². The molecule has 4 rings (SSSR count). The second-order valence-corrected chi connectivity index (χ2v) is 11.2. The van der Waals surface area contributed by atoms with Crippen molar-refractivity contribution in [1.29, 1.82) is 0 Å². The standard InChI is InChI=1S/C34H44N2O7/c1-26(37)34(40,25-41-22-27-12-6-3-7-13-27)32(43-24-29-16-10-5-11-17-29)30(38)31(42-23-28-14-8-4-9-15-28)33(39)36-20-18-35(2)19-21-36/h3-17,26,30-32,37-38,40H,18-25H2,1-2H3/t26-,30-,31-,32+,34?/m1/s1. The van der Waals surface area contributed by atoms with Gasteiger partial charge in [-0.2, -0.15) is 0 Å². The number of amides is 1. The number of aliphatic hydroxyl groups excluding tert-OH is 2. The van der Waals surface area contributed by atoms with E-state index in [0.717, 1.165) is 16.7 Å². The third kappa shape index (κ3) is 9.17. The number of hydrogen-bond donors (Lipinski definition) is 3. The fourth-order valence-corrected chi connectivity index (χ4v) is 5.09. The minimum atomic E-state index is -2.08. The summed E-state index contributed by atoms with van der Waals surface area (Å²) in [5, 5.41) is 34.9. The smallest absolute Gasteiger partial charge is 0.254 e. The molecule has 9 nitrogen and oxygen atoms in total. The molecule has 9 heteroatoms. The SMILES string of the molecule is C[C@@H](O)C(O)(COCc1ccccc1)[C@@H](OCc1ccccc1)[C@H](O)[C@@H](OCc1ccccc1)C(=O)N1CCN(C)CC1. The third-order valence-corrected chi connectivity index (χ3v) is 7.88. The highest BCUT2D eigenvalue weighted by molar-refractivity contribution is 5.82. The van der Waals surface area contributed by atoms with Gasteiger partial charge in [-0.05, 0) is 30.7 Å². The van der Waals surface area contributed by atoms with Crippen molar-refractivity contribution in [2.24, 2.45) is 0 Å². The number of hydrogen-bond acceptors (Lipinski definition) is 8. The minimum Gasteiger partial charge on any atom is -0.390 e. The first kappa shape index (κ1) is 32.8. The molecule has 1 fully saturated rings. The van der Waals surface area contributed by atoms with Gasteiger partial charge >= 0.3 is 0 Å². The molecule has 1 saturated heterocycles. The van der Waals surface area contributed by atoms with Crippen LogP contribution in [0.5, 0.6) is 0 Å². The van der Waals surface area contributed by atoms with Crippen LogP contribution in [0.15, 0.2) is 91.0 Å². The van der Waals surface area contributed by atoms with Crippen molar-refractivity contribution in [2.45, 2.75) is 56.8 Å². The summed E-state index contributed by atoms with van der Waals surface area (Å²) in [7, 11) is 1.99. The van der Waals surface area contributed by atoms with Crippen molar-refractivity contribution in [3.05, 3.63) is 108 Å². The van der Waals surface area contributed by atoms with E-state index in [-0.39, 0.29) is 26.4 Å². The summed E-state index contributed by atoms with van der Waals surface area (Å²) >= 11 is 0. The molecular formula is C34H44N2O7. The first-order valence-electron chi connectivity index (χ1n) is 14.8. The Morgan fingerprint density at radius 1 is 0.767 bits per heavy atom. The summed E-state index contributed by atoms with van der Waals surface area (Å²) < 4.78 is 18.2. The Morgan fingerprint density at radius 3 is 1.72 bits per heavy atom. The molecule has 1 heterocycles. The van der Waals surface area contributed by atoms with Gasteiger partial charge < -0.3 is 39.3 Å². The first-order chi connectivity index (χ1) is 20.8. The highest BCUT2D eigenvalue weighted by Crippen LogP contribution is 2.28. The predicted molar refractivity (Wildman–Crippen MR) is 163 cm³/mol. The quantitative estimate of drug-likeness (QED) is 0.247. The van der Waals surface area contributed by atoms with Gasteiger partial charge in [-0.3, -0.25) is 4.79 Å². The highest BCUT2D eigenvalue weighted by atomic mass is 16.5. The maximum Gasteiger partial charge on any atom is 0.254 e. The van der Waals surface area contributed by atoms with E-state index in [9.17, 15) is 20.1 Å². The van der Waals surface area contributed by atoms with Crippen LogP contribution < -0.4 is 0 Å². The van der Waals surface area contributed by atoms with Gasteiger partial charge in [0.15, 0.2) is 6.10 Å². The number of ether oxygens (including phenoxy) is 3. The average Bonchev–Trinajstić information content (AvgIpc) is 3.03. The summed E-state index contributed by atoms with van der Waals surface area (Å²) in [6.07, 6.45) is -5.84. The normalized spacial score (nSPS) is 18.4. The van der Waals surface area contributed by atoms with Crippen molar-refractivity contribution in [2.75, 3.05) is 39.8 Å². The summed E-state index contributed by atoms with van der Waals surface area (Å²) in [6, 6.07) is 28.1. The Hall–Kier alpha value is -3.15. The van der Waals surface area contributed by atoms with E-state index < -0.39 is 35.9 Å². The third-order valence-electron chi connectivity index (χ3n) is 7.88. The van der Waals surface area contributed by atoms with Crippen LogP contribution in [-0.2, 0) is 38.8 Å².